The first-order chi connectivity index (χ1) is 8.74. The van der Waals surface area contributed by atoms with Crippen molar-refractivity contribution in [2.24, 2.45) is 5.73 Å². The van der Waals surface area contributed by atoms with Gasteiger partial charge in [-0.05, 0) is 37.9 Å². The standard InChI is InChI=1S/C14H25N3O/c1-4-12(2)17(10-11-18-3)14-13(7-8-15)6-5-9-16-14/h5-6,9,12H,4,7-8,10-11,15H2,1-3H3. The molecule has 1 rings (SSSR count). The highest BCUT2D eigenvalue weighted by Gasteiger charge is 2.16. The number of anilines is 1. The summed E-state index contributed by atoms with van der Waals surface area (Å²) in [4.78, 5) is 6.85. The predicted octanol–water partition coefficient (Wildman–Crippen LogP) is 1.83. The molecule has 0 saturated carbocycles. The minimum atomic E-state index is 0.451. The summed E-state index contributed by atoms with van der Waals surface area (Å²) in [6, 6.07) is 4.53. The molecule has 1 unspecified atom stereocenters. The van der Waals surface area contributed by atoms with Gasteiger partial charge >= 0.3 is 0 Å². The van der Waals surface area contributed by atoms with Gasteiger partial charge in [0.15, 0.2) is 0 Å². The Kier molecular flexibility index (Phi) is 6.68. The number of ether oxygens (including phenoxy) is 1. The third-order valence-electron chi connectivity index (χ3n) is 3.21. The number of nitrogens with two attached hydrogens (primary N) is 1. The van der Waals surface area contributed by atoms with Crippen LogP contribution in [0.2, 0.25) is 0 Å². The summed E-state index contributed by atoms with van der Waals surface area (Å²) in [6.45, 7) is 6.63. The highest BCUT2D eigenvalue weighted by Crippen LogP contribution is 2.20. The molecule has 0 aliphatic carbocycles. The SMILES string of the molecule is CCC(C)N(CCOC)c1ncccc1CCN. The zero-order valence-electron chi connectivity index (χ0n) is 11.7. The Labute approximate surface area is 110 Å². The largest absolute Gasteiger partial charge is 0.383 e. The van der Waals surface area contributed by atoms with Crippen molar-refractivity contribution in [1.29, 1.82) is 0 Å². The van der Waals surface area contributed by atoms with Crippen LogP contribution in [-0.2, 0) is 11.2 Å². The van der Waals surface area contributed by atoms with E-state index in [4.69, 9.17) is 10.5 Å². The Bertz CT molecular complexity index is 344. The molecule has 0 saturated heterocycles. The molecule has 4 nitrogen and oxygen atoms in total. The van der Waals surface area contributed by atoms with Crippen molar-refractivity contribution in [3.8, 4) is 0 Å². The second-order valence-electron chi connectivity index (χ2n) is 4.47. The van der Waals surface area contributed by atoms with E-state index in [1.165, 1.54) is 5.56 Å². The average molecular weight is 251 g/mol. The Hall–Kier alpha value is -1.13. The van der Waals surface area contributed by atoms with Crippen LogP contribution in [0, 0.1) is 0 Å². The third-order valence-corrected chi connectivity index (χ3v) is 3.21. The van der Waals surface area contributed by atoms with Crippen molar-refractivity contribution in [2.75, 3.05) is 31.7 Å². The topological polar surface area (TPSA) is 51.4 Å². The number of pyridine rings is 1. The third kappa shape index (κ3) is 3.96. The Balaban J connectivity index is 2.95. The molecule has 0 aliphatic rings. The summed E-state index contributed by atoms with van der Waals surface area (Å²) < 4.78 is 5.19. The maximum Gasteiger partial charge on any atom is 0.132 e. The predicted molar refractivity (Wildman–Crippen MR) is 76.0 cm³/mol. The lowest BCUT2D eigenvalue weighted by atomic mass is 10.1. The van der Waals surface area contributed by atoms with E-state index in [1.807, 2.05) is 12.3 Å². The second-order valence-corrected chi connectivity index (χ2v) is 4.47. The first-order valence-corrected chi connectivity index (χ1v) is 6.64. The molecule has 0 bridgehead atoms. The summed E-state index contributed by atoms with van der Waals surface area (Å²) in [5, 5.41) is 0. The van der Waals surface area contributed by atoms with Crippen LogP contribution in [0.1, 0.15) is 25.8 Å². The summed E-state index contributed by atoms with van der Waals surface area (Å²) in [7, 11) is 1.73. The fraction of sp³-hybridized carbons (Fsp3) is 0.643. The van der Waals surface area contributed by atoms with Gasteiger partial charge in [-0.15, -0.1) is 0 Å². The molecule has 1 atom stereocenters. The molecule has 4 heteroatoms. The normalized spacial score (nSPS) is 12.4. The van der Waals surface area contributed by atoms with Crippen LogP contribution >= 0.6 is 0 Å². The van der Waals surface area contributed by atoms with Crippen molar-refractivity contribution < 1.29 is 4.74 Å². The molecular weight excluding hydrogens is 226 g/mol. The van der Waals surface area contributed by atoms with Crippen LogP contribution in [0.15, 0.2) is 18.3 Å². The van der Waals surface area contributed by atoms with Gasteiger partial charge in [-0.3, -0.25) is 0 Å². The van der Waals surface area contributed by atoms with E-state index >= 15 is 0 Å². The molecule has 1 aromatic rings. The number of methoxy groups -OCH3 is 1. The Morgan fingerprint density at radius 1 is 1.50 bits per heavy atom. The van der Waals surface area contributed by atoms with E-state index in [1.54, 1.807) is 7.11 Å². The quantitative estimate of drug-likeness (QED) is 0.766. The molecule has 0 aliphatic heterocycles. The van der Waals surface area contributed by atoms with Crippen LogP contribution in [0.25, 0.3) is 0 Å². The number of hydrogen-bond acceptors (Lipinski definition) is 4. The van der Waals surface area contributed by atoms with Gasteiger partial charge in [-0.25, -0.2) is 4.98 Å². The Morgan fingerprint density at radius 3 is 2.89 bits per heavy atom. The molecule has 2 N–H and O–H groups in total. The molecule has 1 aromatic heterocycles. The lowest BCUT2D eigenvalue weighted by Gasteiger charge is -2.31. The van der Waals surface area contributed by atoms with Gasteiger partial charge < -0.3 is 15.4 Å². The van der Waals surface area contributed by atoms with Gasteiger partial charge in [0.25, 0.3) is 0 Å². The smallest absolute Gasteiger partial charge is 0.132 e. The molecule has 0 aromatic carbocycles. The number of aromatic nitrogens is 1. The molecule has 18 heavy (non-hydrogen) atoms. The molecular formula is C14H25N3O. The second kappa shape index (κ2) is 8.06. The van der Waals surface area contributed by atoms with E-state index in [2.05, 4.69) is 29.8 Å². The van der Waals surface area contributed by atoms with Gasteiger partial charge in [0.05, 0.1) is 6.61 Å². The maximum absolute atomic E-state index is 5.67. The average Bonchev–Trinajstić information content (AvgIpc) is 2.40. The first-order valence-electron chi connectivity index (χ1n) is 6.64. The van der Waals surface area contributed by atoms with Crippen molar-refractivity contribution in [1.82, 2.24) is 4.98 Å². The molecule has 0 radical (unpaired) electrons. The van der Waals surface area contributed by atoms with Gasteiger partial charge in [0.2, 0.25) is 0 Å². The minimum Gasteiger partial charge on any atom is -0.383 e. The van der Waals surface area contributed by atoms with Gasteiger partial charge in [0, 0.05) is 25.9 Å². The van der Waals surface area contributed by atoms with E-state index in [-0.39, 0.29) is 0 Å². The van der Waals surface area contributed by atoms with Crippen LogP contribution in [0.4, 0.5) is 5.82 Å². The summed E-state index contributed by atoms with van der Waals surface area (Å²) in [5.41, 5.74) is 6.89. The van der Waals surface area contributed by atoms with E-state index in [0.29, 0.717) is 19.2 Å². The monoisotopic (exact) mass is 251 g/mol. The lowest BCUT2D eigenvalue weighted by Crippen LogP contribution is -2.37. The number of hydrogen-bond donors (Lipinski definition) is 1. The van der Waals surface area contributed by atoms with Crippen molar-refractivity contribution >= 4 is 5.82 Å². The lowest BCUT2D eigenvalue weighted by molar-refractivity contribution is 0.203. The zero-order valence-corrected chi connectivity index (χ0v) is 11.7. The molecule has 0 amide bonds. The first kappa shape index (κ1) is 14.9. The van der Waals surface area contributed by atoms with Gasteiger partial charge in [-0.1, -0.05) is 13.0 Å². The van der Waals surface area contributed by atoms with E-state index in [0.717, 1.165) is 25.2 Å². The van der Waals surface area contributed by atoms with Crippen LogP contribution in [0.5, 0.6) is 0 Å². The zero-order chi connectivity index (χ0) is 13.4. The Morgan fingerprint density at radius 2 is 2.28 bits per heavy atom. The van der Waals surface area contributed by atoms with Crippen LogP contribution in [0.3, 0.4) is 0 Å². The summed E-state index contributed by atoms with van der Waals surface area (Å²) >= 11 is 0. The molecule has 0 spiro atoms. The fourth-order valence-corrected chi connectivity index (χ4v) is 1.98. The number of rotatable bonds is 8. The highest BCUT2D eigenvalue weighted by atomic mass is 16.5. The molecule has 0 fully saturated rings. The fourth-order valence-electron chi connectivity index (χ4n) is 1.98. The number of nitrogens with zero attached hydrogens (tertiary/aromatic N) is 2. The van der Waals surface area contributed by atoms with E-state index < -0.39 is 0 Å². The molecule has 102 valence electrons. The summed E-state index contributed by atoms with van der Waals surface area (Å²) in [6.07, 6.45) is 3.79. The van der Waals surface area contributed by atoms with Crippen molar-refractivity contribution in [2.45, 2.75) is 32.7 Å². The van der Waals surface area contributed by atoms with Crippen molar-refractivity contribution in [3.63, 3.8) is 0 Å². The van der Waals surface area contributed by atoms with Crippen LogP contribution < -0.4 is 10.6 Å². The van der Waals surface area contributed by atoms with Gasteiger partial charge in [-0.2, -0.15) is 0 Å². The van der Waals surface area contributed by atoms with Crippen molar-refractivity contribution in [3.05, 3.63) is 23.9 Å². The highest BCUT2D eigenvalue weighted by molar-refractivity contribution is 5.47. The van der Waals surface area contributed by atoms with Crippen LogP contribution in [-0.4, -0.2) is 37.8 Å². The minimum absolute atomic E-state index is 0.451. The van der Waals surface area contributed by atoms with E-state index in [9.17, 15) is 0 Å². The van der Waals surface area contributed by atoms with Gasteiger partial charge in [0.1, 0.15) is 5.82 Å². The molecule has 1 heterocycles. The maximum atomic E-state index is 5.67. The summed E-state index contributed by atoms with van der Waals surface area (Å²) in [5.74, 6) is 1.05.